The van der Waals surface area contributed by atoms with Gasteiger partial charge < -0.3 is 20.9 Å². The van der Waals surface area contributed by atoms with Gasteiger partial charge >= 0.3 is 0 Å². The lowest BCUT2D eigenvalue weighted by atomic mass is 10.0. The lowest BCUT2D eigenvalue weighted by Crippen LogP contribution is -2.44. The molecule has 6 heteroatoms. The summed E-state index contributed by atoms with van der Waals surface area (Å²) in [6, 6.07) is 0. The average Bonchev–Trinajstić information content (AvgIpc) is 3.09. The number of piperazine rings is 1. The summed E-state index contributed by atoms with van der Waals surface area (Å²) in [6.07, 6.45) is 7.63. The van der Waals surface area contributed by atoms with Crippen molar-refractivity contribution in [3.63, 3.8) is 0 Å². The summed E-state index contributed by atoms with van der Waals surface area (Å²) < 4.78 is 0. The maximum atomic E-state index is 11.7. The third-order valence-electron chi connectivity index (χ3n) is 4.88. The minimum absolute atomic E-state index is 0.00728. The number of rotatable bonds is 9. The van der Waals surface area contributed by atoms with E-state index in [0.29, 0.717) is 13.0 Å². The first kappa shape index (κ1) is 18.2. The van der Waals surface area contributed by atoms with Crippen molar-refractivity contribution in [3.05, 3.63) is 0 Å². The summed E-state index contributed by atoms with van der Waals surface area (Å²) >= 11 is 0. The van der Waals surface area contributed by atoms with Gasteiger partial charge in [-0.05, 0) is 25.3 Å². The van der Waals surface area contributed by atoms with Crippen molar-refractivity contribution in [3.8, 4) is 0 Å². The maximum Gasteiger partial charge on any atom is 0.239 e. The van der Waals surface area contributed by atoms with Gasteiger partial charge in [0.1, 0.15) is 0 Å². The Hall–Kier alpha value is -1.14. The Bertz CT molecular complexity index is 364. The van der Waals surface area contributed by atoms with Gasteiger partial charge in [0.25, 0.3) is 0 Å². The molecule has 0 aromatic rings. The van der Waals surface area contributed by atoms with E-state index in [2.05, 4.69) is 20.9 Å². The van der Waals surface area contributed by atoms with Crippen LogP contribution >= 0.6 is 0 Å². The lowest BCUT2D eigenvalue weighted by molar-refractivity contribution is -0.126. The standard InChI is InChI=1S/C17H32N4O2/c22-16(7-6-15-4-1-2-5-15)20-14-17(23)19-8-3-11-21-12-9-18-10-13-21/h15,18H,1-14H2,(H,19,23)(H,20,22). The first-order valence-corrected chi connectivity index (χ1v) is 9.20. The highest BCUT2D eigenvalue weighted by molar-refractivity contribution is 5.84. The van der Waals surface area contributed by atoms with Gasteiger partial charge in [-0.25, -0.2) is 0 Å². The number of hydrogen-bond acceptors (Lipinski definition) is 4. The van der Waals surface area contributed by atoms with E-state index in [1.54, 1.807) is 0 Å². The van der Waals surface area contributed by atoms with Crippen LogP contribution in [0.1, 0.15) is 44.9 Å². The minimum atomic E-state index is -0.0838. The molecule has 2 amide bonds. The zero-order chi connectivity index (χ0) is 16.3. The van der Waals surface area contributed by atoms with Crippen molar-refractivity contribution < 1.29 is 9.59 Å². The highest BCUT2D eigenvalue weighted by Gasteiger charge is 2.16. The molecule has 0 aromatic heterocycles. The Morgan fingerprint density at radius 2 is 1.78 bits per heavy atom. The molecule has 1 saturated heterocycles. The molecule has 0 atom stereocenters. The van der Waals surface area contributed by atoms with Crippen LogP contribution in [-0.2, 0) is 9.59 Å². The fourth-order valence-electron chi connectivity index (χ4n) is 3.43. The van der Waals surface area contributed by atoms with Gasteiger partial charge in [0.05, 0.1) is 6.54 Å². The molecule has 2 rings (SSSR count). The number of amides is 2. The van der Waals surface area contributed by atoms with Gasteiger partial charge in [-0.3, -0.25) is 9.59 Å². The lowest BCUT2D eigenvalue weighted by Gasteiger charge is -2.27. The Balaban J connectivity index is 1.43. The quantitative estimate of drug-likeness (QED) is 0.540. The second-order valence-electron chi connectivity index (χ2n) is 6.76. The number of carbonyl (C=O) groups excluding carboxylic acids is 2. The van der Waals surface area contributed by atoms with Gasteiger partial charge in [-0.15, -0.1) is 0 Å². The summed E-state index contributed by atoms with van der Waals surface area (Å²) in [5.41, 5.74) is 0. The summed E-state index contributed by atoms with van der Waals surface area (Å²) in [7, 11) is 0. The molecule has 3 N–H and O–H groups in total. The monoisotopic (exact) mass is 324 g/mol. The third-order valence-corrected chi connectivity index (χ3v) is 4.88. The molecule has 2 aliphatic rings. The number of nitrogens with zero attached hydrogens (tertiary/aromatic N) is 1. The van der Waals surface area contributed by atoms with Crippen LogP contribution in [0.4, 0.5) is 0 Å². The Labute approximate surface area is 139 Å². The molecule has 0 radical (unpaired) electrons. The van der Waals surface area contributed by atoms with Crippen LogP contribution in [0.15, 0.2) is 0 Å². The second-order valence-corrected chi connectivity index (χ2v) is 6.76. The predicted octanol–water partition coefficient (Wildman–Crippen LogP) is 0.485. The summed E-state index contributed by atoms with van der Waals surface area (Å²) in [5.74, 6) is 0.645. The predicted molar refractivity (Wildman–Crippen MR) is 91.1 cm³/mol. The van der Waals surface area contributed by atoms with Crippen molar-refractivity contribution in [2.45, 2.75) is 44.9 Å². The summed E-state index contributed by atoms with van der Waals surface area (Å²) in [5, 5.41) is 8.93. The maximum absolute atomic E-state index is 11.7. The van der Waals surface area contributed by atoms with E-state index >= 15 is 0 Å². The van der Waals surface area contributed by atoms with Crippen LogP contribution < -0.4 is 16.0 Å². The zero-order valence-corrected chi connectivity index (χ0v) is 14.2. The van der Waals surface area contributed by atoms with Crippen LogP contribution in [0.3, 0.4) is 0 Å². The topological polar surface area (TPSA) is 73.5 Å². The van der Waals surface area contributed by atoms with E-state index < -0.39 is 0 Å². The smallest absolute Gasteiger partial charge is 0.239 e. The Morgan fingerprint density at radius 1 is 1.04 bits per heavy atom. The summed E-state index contributed by atoms with van der Waals surface area (Å²) in [4.78, 5) is 25.9. The molecule has 0 aromatic carbocycles. The van der Waals surface area contributed by atoms with Crippen molar-refractivity contribution >= 4 is 11.8 Å². The van der Waals surface area contributed by atoms with Crippen LogP contribution in [0.5, 0.6) is 0 Å². The van der Waals surface area contributed by atoms with Gasteiger partial charge in [0.15, 0.2) is 0 Å². The van der Waals surface area contributed by atoms with E-state index in [-0.39, 0.29) is 18.4 Å². The number of hydrogen-bond donors (Lipinski definition) is 3. The van der Waals surface area contributed by atoms with Crippen LogP contribution in [0, 0.1) is 5.92 Å². The Morgan fingerprint density at radius 3 is 2.52 bits per heavy atom. The SMILES string of the molecule is O=C(CCC1CCCC1)NCC(=O)NCCCN1CCNCC1. The second kappa shape index (κ2) is 10.6. The molecule has 1 saturated carbocycles. The molecular weight excluding hydrogens is 292 g/mol. The average molecular weight is 324 g/mol. The largest absolute Gasteiger partial charge is 0.355 e. The van der Waals surface area contributed by atoms with E-state index in [9.17, 15) is 9.59 Å². The molecule has 1 heterocycles. The molecule has 1 aliphatic heterocycles. The van der Waals surface area contributed by atoms with Crippen molar-refractivity contribution in [2.75, 3.05) is 45.8 Å². The van der Waals surface area contributed by atoms with E-state index in [0.717, 1.165) is 51.5 Å². The molecule has 6 nitrogen and oxygen atoms in total. The minimum Gasteiger partial charge on any atom is -0.355 e. The van der Waals surface area contributed by atoms with E-state index in [1.807, 2.05) is 0 Å². The van der Waals surface area contributed by atoms with Crippen LogP contribution in [0.2, 0.25) is 0 Å². The molecule has 23 heavy (non-hydrogen) atoms. The fourth-order valence-corrected chi connectivity index (χ4v) is 3.43. The zero-order valence-electron chi connectivity index (χ0n) is 14.2. The molecule has 132 valence electrons. The number of nitrogens with one attached hydrogen (secondary N) is 3. The van der Waals surface area contributed by atoms with Gasteiger partial charge in [-0.1, -0.05) is 25.7 Å². The van der Waals surface area contributed by atoms with E-state index in [4.69, 9.17) is 0 Å². The highest BCUT2D eigenvalue weighted by Crippen LogP contribution is 2.28. The summed E-state index contributed by atoms with van der Waals surface area (Å²) in [6.45, 7) is 6.10. The molecule has 0 bridgehead atoms. The molecular formula is C17H32N4O2. The van der Waals surface area contributed by atoms with Crippen molar-refractivity contribution in [1.82, 2.24) is 20.9 Å². The van der Waals surface area contributed by atoms with Crippen molar-refractivity contribution in [1.29, 1.82) is 0 Å². The highest BCUT2D eigenvalue weighted by atomic mass is 16.2. The van der Waals surface area contributed by atoms with Gasteiger partial charge in [0.2, 0.25) is 11.8 Å². The molecule has 2 fully saturated rings. The number of carbonyl (C=O) groups is 2. The Kier molecular flexibility index (Phi) is 8.39. The van der Waals surface area contributed by atoms with Crippen LogP contribution in [-0.4, -0.2) is 62.5 Å². The van der Waals surface area contributed by atoms with Gasteiger partial charge in [0, 0.05) is 39.1 Å². The van der Waals surface area contributed by atoms with Crippen molar-refractivity contribution in [2.24, 2.45) is 5.92 Å². The van der Waals surface area contributed by atoms with E-state index in [1.165, 1.54) is 25.7 Å². The molecule has 1 aliphatic carbocycles. The first-order chi connectivity index (χ1) is 11.2. The normalized spacial score (nSPS) is 19.7. The molecule has 0 spiro atoms. The molecule has 0 unspecified atom stereocenters. The van der Waals surface area contributed by atoms with Crippen LogP contribution in [0.25, 0.3) is 0 Å². The third kappa shape index (κ3) is 7.79. The van der Waals surface area contributed by atoms with Gasteiger partial charge in [-0.2, -0.15) is 0 Å². The fraction of sp³-hybridized carbons (Fsp3) is 0.882. The first-order valence-electron chi connectivity index (χ1n) is 9.20.